The van der Waals surface area contributed by atoms with Gasteiger partial charge in [-0.25, -0.2) is 4.39 Å². The Morgan fingerprint density at radius 2 is 2.28 bits per heavy atom. The van der Waals surface area contributed by atoms with Crippen LogP contribution in [0.15, 0.2) is 24.4 Å². The van der Waals surface area contributed by atoms with Crippen molar-refractivity contribution in [3.63, 3.8) is 0 Å². The Kier molecular flexibility index (Phi) is 3.28. The number of rotatable bonds is 3. The predicted octanol–water partition coefficient (Wildman–Crippen LogP) is 2.35. The summed E-state index contributed by atoms with van der Waals surface area (Å²) in [6.07, 6.45) is 1.93. The highest BCUT2D eigenvalue weighted by molar-refractivity contribution is 5.50. The van der Waals surface area contributed by atoms with Crippen LogP contribution in [0.2, 0.25) is 0 Å². The Bertz CT molecular complexity index is 610. The minimum Gasteiger partial charge on any atom is -0.381 e. The van der Waals surface area contributed by atoms with Crippen molar-refractivity contribution >= 4 is 5.69 Å². The Morgan fingerprint density at radius 1 is 1.50 bits per heavy atom. The molecular weight excluding hydrogens is 231 g/mol. The van der Waals surface area contributed by atoms with Crippen LogP contribution in [0.4, 0.5) is 10.1 Å². The molecule has 1 aromatic carbocycles. The van der Waals surface area contributed by atoms with Gasteiger partial charge in [-0.05, 0) is 25.1 Å². The molecule has 0 saturated carbocycles. The zero-order chi connectivity index (χ0) is 13.1. The number of hydrogen-bond donors (Lipinski definition) is 1. The van der Waals surface area contributed by atoms with Crippen molar-refractivity contribution in [2.75, 3.05) is 5.32 Å². The van der Waals surface area contributed by atoms with Gasteiger partial charge in [-0.1, -0.05) is 0 Å². The van der Waals surface area contributed by atoms with Gasteiger partial charge < -0.3 is 5.32 Å². The number of benzene rings is 1. The van der Waals surface area contributed by atoms with E-state index < -0.39 is 5.82 Å². The van der Waals surface area contributed by atoms with E-state index in [1.807, 2.05) is 26.2 Å². The maximum Gasteiger partial charge on any atom is 0.141 e. The van der Waals surface area contributed by atoms with Gasteiger partial charge in [0.25, 0.3) is 0 Å². The fraction of sp³-hybridized carbons (Fsp3) is 0.231. The number of anilines is 1. The quantitative estimate of drug-likeness (QED) is 0.901. The van der Waals surface area contributed by atoms with E-state index in [1.165, 1.54) is 12.1 Å². The molecule has 0 spiro atoms. The Hall–Kier alpha value is -2.35. The van der Waals surface area contributed by atoms with E-state index in [2.05, 4.69) is 10.4 Å². The van der Waals surface area contributed by atoms with Gasteiger partial charge in [0.05, 0.1) is 11.3 Å². The molecule has 2 aromatic rings. The summed E-state index contributed by atoms with van der Waals surface area (Å²) in [7, 11) is 1.86. The third kappa shape index (κ3) is 2.48. The Morgan fingerprint density at radius 3 is 2.89 bits per heavy atom. The van der Waals surface area contributed by atoms with Crippen LogP contribution in [-0.2, 0) is 13.6 Å². The fourth-order valence-corrected chi connectivity index (χ4v) is 1.74. The number of aromatic nitrogens is 2. The van der Waals surface area contributed by atoms with Crippen molar-refractivity contribution in [1.82, 2.24) is 9.78 Å². The third-order valence-electron chi connectivity index (χ3n) is 2.68. The summed E-state index contributed by atoms with van der Waals surface area (Å²) in [6, 6.07) is 6.22. The molecule has 0 bridgehead atoms. The third-order valence-corrected chi connectivity index (χ3v) is 2.68. The lowest BCUT2D eigenvalue weighted by atomic mass is 10.2. The molecule has 1 N–H and O–H groups in total. The van der Waals surface area contributed by atoms with Gasteiger partial charge in [-0.15, -0.1) is 0 Å². The Balaban J connectivity index is 2.11. The highest BCUT2D eigenvalue weighted by atomic mass is 19.1. The number of halogens is 1. The highest BCUT2D eigenvalue weighted by Crippen LogP contribution is 2.15. The number of hydrogen-bond acceptors (Lipinski definition) is 3. The predicted molar refractivity (Wildman–Crippen MR) is 66.4 cm³/mol. The normalized spacial score (nSPS) is 10.1. The van der Waals surface area contributed by atoms with Gasteiger partial charge in [0.1, 0.15) is 11.9 Å². The molecule has 1 heterocycles. The fourth-order valence-electron chi connectivity index (χ4n) is 1.74. The maximum atomic E-state index is 13.1. The Labute approximate surface area is 105 Å². The van der Waals surface area contributed by atoms with Gasteiger partial charge in [0, 0.05) is 31.0 Å². The molecule has 92 valence electrons. The van der Waals surface area contributed by atoms with Crippen LogP contribution in [0.1, 0.15) is 16.8 Å². The van der Waals surface area contributed by atoms with E-state index >= 15 is 0 Å². The second-order valence-corrected chi connectivity index (χ2v) is 4.07. The molecule has 0 amide bonds. The lowest BCUT2D eigenvalue weighted by molar-refractivity contribution is 0.624. The van der Waals surface area contributed by atoms with E-state index in [0.717, 1.165) is 16.9 Å². The van der Waals surface area contributed by atoms with Crippen molar-refractivity contribution < 1.29 is 4.39 Å². The van der Waals surface area contributed by atoms with E-state index in [9.17, 15) is 4.39 Å². The van der Waals surface area contributed by atoms with Gasteiger partial charge in [0.2, 0.25) is 0 Å². The topological polar surface area (TPSA) is 53.6 Å². The zero-order valence-electron chi connectivity index (χ0n) is 10.2. The molecule has 1 aromatic heterocycles. The molecule has 0 radical (unpaired) electrons. The summed E-state index contributed by atoms with van der Waals surface area (Å²) >= 11 is 0. The molecule has 0 atom stereocenters. The average molecular weight is 244 g/mol. The van der Waals surface area contributed by atoms with Crippen molar-refractivity contribution in [3.8, 4) is 6.07 Å². The highest BCUT2D eigenvalue weighted by Gasteiger charge is 2.05. The summed E-state index contributed by atoms with van der Waals surface area (Å²) in [5.41, 5.74) is 2.78. The largest absolute Gasteiger partial charge is 0.381 e. The van der Waals surface area contributed by atoms with Gasteiger partial charge >= 0.3 is 0 Å². The van der Waals surface area contributed by atoms with Crippen LogP contribution in [-0.4, -0.2) is 9.78 Å². The average Bonchev–Trinajstić information content (AvgIpc) is 2.67. The molecule has 0 unspecified atom stereocenters. The summed E-state index contributed by atoms with van der Waals surface area (Å²) in [6.45, 7) is 2.53. The smallest absolute Gasteiger partial charge is 0.141 e. The molecule has 0 aliphatic heterocycles. The summed E-state index contributed by atoms with van der Waals surface area (Å²) in [5.74, 6) is -0.499. The molecular formula is C13H13FN4. The SMILES string of the molecule is Cc1nn(C)cc1CNc1ccc(F)c(C#N)c1. The van der Waals surface area contributed by atoms with E-state index in [-0.39, 0.29) is 5.56 Å². The molecule has 0 aliphatic rings. The molecule has 0 aliphatic carbocycles. The van der Waals surface area contributed by atoms with Crippen LogP contribution >= 0.6 is 0 Å². The molecule has 18 heavy (non-hydrogen) atoms. The molecule has 2 rings (SSSR count). The minimum absolute atomic E-state index is 0.0444. The maximum absolute atomic E-state index is 13.1. The molecule has 5 heteroatoms. The summed E-state index contributed by atoms with van der Waals surface area (Å²) in [4.78, 5) is 0. The van der Waals surface area contributed by atoms with Crippen LogP contribution in [0.3, 0.4) is 0 Å². The van der Waals surface area contributed by atoms with Crippen molar-refractivity contribution in [1.29, 1.82) is 5.26 Å². The number of nitrogens with zero attached hydrogens (tertiary/aromatic N) is 3. The van der Waals surface area contributed by atoms with Crippen molar-refractivity contribution in [3.05, 3.63) is 47.0 Å². The summed E-state index contributed by atoms with van der Waals surface area (Å²) in [5, 5.41) is 16.1. The van der Waals surface area contributed by atoms with Gasteiger partial charge in [0.15, 0.2) is 0 Å². The van der Waals surface area contributed by atoms with Crippen molar-refractivity contribution in [2.24, 2.45) is 7.05 Å². The van der Waals surface area contributed by atoms with E-state index in [1.54, 1.807) is 10.7 Å². The second kappa shape index (κ2) is 4.88. The second-order valence-electron chi connectivity index (χ2n) is 4.07. The molecule has 4 nitrogen and oxygen atoms in total. The van der Waals surface area contributed by atoms with Crippen LogP contribution in [0.25, 0.3) is 0 Å². The number of aryl methyl sites for hydroxylation is 2. The first-order valence-corrected chi connectivity index (χ1v) is 5.53. The van der Waals surface area contributed by atoms with E-state index in [4.69, 9.17) is 5.26 Å². The minimum atomic E-state index is -0.499. The van der Waals surface area contributed by atoms with Crippen molar-refractivity contribution in [2.45, 2.75) is 13.5 Å². The first kappa shape index (κ1) is 12.1. The zero-order valence-corrected chi connectivity index (χ0v) is 10.2. The number of nitriles is 1. The van der Waals surface area contributed by atoms with Crippen LogP contribution < -0.4 is 5.32 Å². The molecule has 0 saturated heterocycles. The van der Waals surface area contributed by atoms with E-state index in [0.29, 0.717) is 6.54 Å². The van der Waals surface area contributed by atoms with Gasteiger partial charge in [-0.2, -0.15) is 10.4 Å². The van der Waals surface area contributed by atoms with Gasteiger partial charge in [-0.3, -0.25) is 4.68 Å². The number of nitrogens with one attached hydrogen (secondary N) is 1. The summed E-state index contributed by atoms with van der Waals surface area (Å²) < 4.78 is 14.9. The van der Waals surface area contributed by atoms with Crippen LogP contribution in [0, 0.1) is 24.1 Å². The monoisotopic (exact) mass is 244 g/mol. The van der Waals surface area contributed by atoms with Crippen LogP contribution in [0.5, 0.6) is 0 Å². The lowest BCUT2D eigenvalue weighted by Crippen LogP contribution is -2.00. The molecule has 0 fully saturated rings. The standard InChI is InChI=1S/C13H13FN4/c1-9-11(8-18(2)17-9)7-16-12-3-4-13(14)10(5-12)6-15/h3-5,8,16H,7H2,1-2H3. The first-order valence-electron chi connectivity index (χ1n) is 5.53. The lowest BCUT2D eigenvalue weighted by Gasteiger charge is -2.06. The first-order chi connectivity index (χ1) is 8.60.